The Kier molecular flexibility index (Phi) is 7.95. The molecule has 1 aliphatic rings. The fourth-order valence-corrected chi connectivity index (χ4v) is 10.7. The van der Waals surface area contributed by atoms with E-state index in [9.17, 15) is 0 Å². The summed E-state index contributed by atoms with van der Waals surface area (Å²) >= 11 is 0. The van der Waals surface area contributed by atoms with Crippen LogP contribution in [0, 0.1) is 0 Å². The zero-order valence-electron chi connectivity index (χ0n) is 35.5. The van der Waals surface area contributed by atoms with Gasteiger partial charge in [0.15, 0.2) is 0 Å². The van der Waals surface area contributed by atoms with Crippen molar-refractivity contribution in [3.8, 4) is 61.3 Å². The second kappa shape index (κ2) is 13.9. The summed E-state index contributed by atoms with van der Waals surface area (Å²) in [5.74, 6) is 0. The molecular weight excluding hydrogens is 775 g/mol. The van der Waals surface area contributed by atoms with E-state index in [4.69, 9.17) is 9.97 Å². The van der Waals surface area contributed by atoms with E-state index in [0.29, 0.717) is 0 Å². The van der Waals surface area contributed by atoms with E-state index in [1.165, 1.54) is 99.5 Å². The van der Waals surface area contributed by atoms with Gasteiger partial charge in [-0.1, -0.05) is 159 Å². The highest BCUT2D eigenvalue weighted by Gasteiger charge is 2.36. The quantitative estimate of drug-likeness (QED) is 0.162. The van der Waals surface area contributed by atoms with Crippen molar-refractivity contribution in [1.29, 1.82) is 0 Å². The van der Waals surface area contributed by atoms with Gasteiger partial charge >= 0.3 is 0 Å². The average molecular weight is 816 g/mol. The van der Waals surface area contributed by atoms with Crippen molar-refractivity contribution in [3.63, 3.8) is 0 Å². The van der Waals surface area contributed by atoms with Crippen LogP contribution in [0.15, 0.2) is 213 Å². The molecule has 0 N–H and O–H groups in total. The highest BCUT2D eigenvalue weighted by Crippen LogP contribution is 2.51. The lowest BCUT2D eigenvalue weighted by Crippen LogP contribution is -2.15. The number of rotatable bonds is 5. The number of aromatic nitrogens is 3. The first kappa shape index (κ1) is 36.5. The molecule has 0 amide bonds. The lowest BCUT2D eigenvalue weighted by molar-refractivity contribution is 0.661. The topological polar surface area (TPSA) is 30.7 Å². The lowest BCUT2D eigenvalue weighted by Gasteiger charge is -2.23. The largest absolute Gasteiger partial charge is 0.309 e. The Morgan fingerprint density at radius 1 is 0.328 bits per heavy atom. The second-order valence-corrected chi connectivity index (χ2v) is 17.8. The zero-order chi connectivity index (χ0) is 42.5. The molecule has 0 radical (unpaired) electrons. The molecule has 3 nitrogen and oxygen atoms in total. The van der Waals surface area contributed by atoms with E-state index in [-0.39, 0.29) is 5.41 Å². The number of para-hydroxylation sites is 2. The molecule has 0 aliphatic heterocycles. The van der Waals surface area contributed by atoms with Gasteiger partial charge in [0.05, 0.1) is 22.1 Å². The van der Waals surface area contributed by atoms with E-state index in [0.717, 1.165) is 27.4 Å². The molecule has 1 aliphatic carbocycles. The smallest absolute Gasteiger partial charge is 0.0971 e. The van der Waals surface area contributed by atoms with Crippen LogP contribution in [0.25, 0.3) is 116 Å². The third kappa shape index (κ3) is 5.54. The minimum atomic E-state index is -0.176. The number of benzene rings is 10. The fourth-order valence-electron chi connectivity index (χ4n) is 10.7. The summed E-state index contributed by atoms with van der Waals surface area (Å²) in [6, 6.07) is 73.8. The molecule has 0 spiro atoms. The maximum atomic E-state index is 4.83. The van der Waals surface area contributed by atoms with Crippen LogP contribution in [0.3, 0.4) is 0 Å². The Labute approximate surface area is 371 Å². The van der Waals surface area contributed by atoms with E-state index in [1.807, 2.05) is 0 Å². The number of hydrogen-bond donors (Lipinski definition) is 0. The maximum absolute atomic E-state index is 4.83. The zero-order valence-corrected chi connectivity index (χ0v) is 35.5. The van der Waals surface area contributed by atoms with Crippen molar-refractivity contribution in [1.82, 2.24) is 14.5 Å². The molecule has 13 rings (SSSR count). The van der Waals surface area contributed by atoms with Crippen molar-refractivity contribution < 1.29 is 0 Å². The van der Waals surface area contributed by atoms with E-state index < -0.39 is 0 Å². The summed E-state index contributed by atoms with van der Waals surface area (Å²) in [7, 11) is 0. The van der Waals surface area contributed by atoms with Gasteiger partial charge < -0.3 is 4.57 Å². The van der Waals surface area contributed by atoms with Gasteiger partial charge in [0.2, 0.25) is 0 Å². The Balaban J connectivity index is 0.839. The van der Waals surface area contributed by atoms with Crippen LogP contribution in [0.4, 0.5) is 0 Å². The molecule has 10 aromatic carbocycles. The average Bonchev–Trinajstić information content (AvgIpc) is 3.81. The normalized spacial score (nSPS) is 13.0. The van der Waals surface area contributed by atoms with Gasteiger partial charge in [-0.05, 0) is 132 Å². The van der Waals surface area contributed by atoms with Gasteiger partial charge in [-0.15, -0.1) is 0 Å². The van der Waals surface area contributed by atoms with Crippen molar-refractivity contribution in [2.24, 2.45) is 0 Å². The minimum absolute atomic E-state index is 0.176. The summed E-state index contributed by atoms with van der Waals surface area (Å²) in [6.45, 7) is 4.76. The molecule has 0 atom stereocenters. The van der Waals surface area contributed by atoms with Crippen LogP contribution in [-0.4, -0.2) is 14.5 Å². The van der Waals surface area contributed by atoms with Crippen LogP contribution in [0.2, 0.25) is 0 Å². The van der Waals surface area contributed by atoms with Crippen LogP contribution in [0.1, 0.15) is 25.0 Å². The van der Waals surface area contributed by atoms with E-state index >= 15 is 0 Å². The SMILES string of the molecule is CC1(C)c2cc(-c3cccc(-c4ccc5c6ccccc6c6nccnc6c5c4)c3)ccc2-c2ccc(-c3cccc(-c4ccc5c6ccccc6n(-c6ccccc6)c5c4)c3)cc21. The Morgan fingerprint density at radius 3 is 1.42 bits per heavy atom. The predicted molar refractivity (Wildman–Crippen MR) is 268 cm³/mol. The molecule has 0 saturated heterocycles. The molecule has 2 aromatic heterocycles. The molecule has 2 heterocycles. The Morgan fingerprint density at radius 2 is 0.781 bits per heavy atom. The molecule has 0 saturated carbocycles. The summed E-state index contributed by atoms with van der Waals surface area (Å²) in [5.41, 5.74) is 20.3. The summed E-state index contributed by atoms with van der Waals surface area (Å²) < 4.78 is 2.39. The first-order valence-corrected chi connectivity index (χ1v) is 22.1. The monoisotopic (exact) mass is 815 g/mol. The first-order chi connectivity index (χ1) is 31.5. The molecule has 300 valence electrons. The summed E-state index contributed by atoms with van der Waals surface area (Å²) in [4.78, 5) is 9.59. The van der Waals surface area contributed by atoms with Crippen LogP contribution in [0.5, 0.6) is 0 Å². The number of nitrogens with zero attached hydrogens (tertiary/aromatic N) is 3. The highest BCUT2D eigenvalue weighted by molar-refractivity contribution is 6.23. The van der Waals surface area contributed by atoms with Crippen molar-refractivity contribution >= 4 is 54.4 Å². The molecular formula is C61H41N3. The van der Waals surface area contributed by atoms with Gasteiger partial charge in [0.25, 0.3) is 0 Å². The van der Waals surface area contributed by atoms with Gasteiger partial charge in [-0.2, -0.15) is 0 Å². The summed E-state index contributed by atoms with van der Waals surface area (Å²) in [6.07, 6.45) is 3.59. The van der Waals surface area contributed by atoms with Gasteiger partial charge in [-0.3, -0.25) is 9.97 Å². The standard InChI is InChI=1S/C61H41N3/c1-61(2)55-35-43(39-13-10-12-38(32-39)42-22-26-48-47-18-6-7-20-53(47)59-60(54(48)34-42)63-31-30-62-59)23-27-49(55)50-28-24-44(36-56(50)61)40-14-11-15-41(33-40)45-25-29-52-51-19-8-9-21-57(51)64(58(52)37-45)46-16-4-3-5-17-46/h3-37H,1-2H3. The lowest BCUT2D eigenvalue weighted by atomic mass is 9.80. The number of hydrogen-bond acceptors (Lipinski definition) is 2. The van der Waals surface area contributed by atoms with Gasteiger partial charge in [-0.25, -0.2) is 0 Å². The second-order valence-electron chi connectivity index (χ2n) is 17.8. The molecule has 64 heavy (non-hydrogen) atoms. The van der Waals surface area contributed by atoms with Crippen molar-refractivity contribution in [2.75, 3.05) is 0 Å². The van der Waals surface area contributed by atoms with Crippen LogP contribution >= 0.6 is 0 Å². The Hall–Kier alpha value is -8.14. The Bertz CT molecular complexity index is 3840. The first-order valence-electron chi connectivity index (χ1n) is 22.1. The molecule has 0 fully saturated rings. The van der Waals surface area contributed by atoms with Crippen molar-refractivity contribution in [3.05, 3.63) is 224 Å². The third-order valence-electron chi connectivity index (χ3n) is 13.9. The summed E-state index contributed by atoms with van der Waals surface area (Å²) in [5, 5.41) is 7.18. The van der Waals surface area contributed by atoms with Gasteiger partial charge in [0.1, 0.15) is 0 Å². The van der Waals surface area contributed by atoms with E-state index in [2.05, 4.69) is 219 Å². The molecule has 0 bridgehead atoms. The highest BCUT2D eigenvalue weighted by atomic mass is 15.0. The predicted octanol–water partition coefficient (Wildman–Crippen LogP) is 16.0. The van der Waals surface area contributed by atoms with Crippen molar-refractivity contribution in [2.45, 2.75) is 19.3 Å². The third-order valence-corrected chi connectivity index (χ3v) is 13.9. The van der Waals surface area contributed by atoms with E-state index in [1.54, 1.807) is 12.4 Å². The van der Waals surface area contributed by atoms with Crippen LogP contribution in [-0.2, 0) is 5.41 Å². The number of fused-ring (bicyclic) bond motifs is 12. The maximum Gasteiger partial charge on any atom is 0.0971 e. The fraction of sp³-hybridized carbons (Fsp3) is 0.0492. The van der Waals surface area contributed by atoms with Crippen LogP contribution < -0.4 is 0 Å². The molecule has 0 unspecified atom stereocenters. The van der Waals surface area contributed by atoms with Gasteiger partial charge in [0, 0.05) is 45.0 Å². The molecule has 12 aromatic rings. The molecule has 3 heteroatoms. The minimum Gasteiger partial charge on any atom is -0.309 e.